The molecular formula is C20H16Cl2N2O3S. The summed E-state index contributed by atoms with van der Waals surface area (Å²) < 4.78 is 5.32. The van der Waals surface area contributed by atoms with E-state index in [0.29, 0.717) is 27.6 Å². The molecule has 2 aromatic heterocycles. The third kappa shape index (κ3) is 4.35. The van der Waals surface area contributed by atoms with E-state index in [1.54, 1.807) is 29.6 Å². The van der Waals surface area contributed by atoms with Gasteiger partial charge in [0.15, 0.2) is 0 Å². The molecule has 0 aliphatic carbocycles. The van der Waals surface area contributed by atoms with E-state index in [0.717, 1.165) is 0 Å². The van der Waals surface area contributed by atoms with Crippen LogP contribution in [0, 0.1) is 0 Å². The predicted octanol–water partition coefficient (Wildman–Crippen LogP) is 5.94. The molecule has 2 heterocycles. The largest absolute Gasteiger partial charge is 0.462 e. The highest BCUT2D eigenvalue weighted by atomic mass is 35.5. The van der Waals surface area contributed by atoms with Crippen molar-refractivity contribution in [3.8, 4) is 11.1 Å². The molecule has 28 heavy (non-hydrogen) atoms. The van der Waals surface area contributed by atoms with Gasteiger partial charge in [0.25, 0.3) is 5.91 Å². The van der Waals surface area contributed by atoms with Crippen LogP contribution in [0.1, 0.15) is 34.1 Å². The van der Waals surface area contributed by atoms with Gasteiger partial charge in [-0.15, -0.1) is 11.3 Å². The molecule has 0 aliphatic heterocycles. The molecule has 0 spiro atoms. The van der Waals surface area contributed by atoms with Crippen molar-refractivity contribution in [1.82, 2.24) is 4.98 Å². The molecule has 3 aromatic rings. The quantitative estimate of drug-likeness (QED) is 0.385. The van der Waals surface area contributed by atoms with Gasteiger partial charge in [-0.25, -0.2) is 9.78 Å². The fourth-order valence-corrected chi connectivity index (χ4v) is 3.91. The first kappa shape index (κ1) is 20.3. The lowest BCUT2D eigenvalue weighted by atomic mass is 10.0. The van der Waals surface area contributed by atoms with Crippen LogP contribution in [0.4, 0.5) is 5.00 Å². The van der Waals surface area contributed by atoms with E-state index in [2.05, 4.69) is 10.3 Å². The van der Waals surface area contributed by atoms with E-state index >= 15 is 0 Å². The van der Waals surface area contributed by atoms with Crippen LogP contribution in [-0.2, 0) is 4.74 Å². The average molecular weight is 435 g/mol. The van der Waals surface area contributed by atoms with Crippen LogP contribution in [0.5, 0.6) is 0 Å². The number of nitrogens with one attached hydrogen (secondary N) is 1. The van der Waals surface area contributed by atoms with E-state index in [-0.39, 0.29) is 22.9 Å². The minimum absolute atomic E-state index is 0.0815. The monoisotopic (exact) mass is 434 g/mol. The van der Waals surface area contributed by atoms with Gasteiger partial charge in [-0.05, 0) is 24.6 Å². The number of hydrogen-bond donors (Lipinski definition) is 1. The minimum atomic E-state index is -0.523. The highest BCUT2D eigenvalue weighted by molar-refractivity contribution is 7.15. The SMILES string of the molecule is CCCOC(=O)c1c(-c2ccccc2Cl)csc1NC(=O)c1cccnc1Cl. The Morgan fingerprint density at radius 2 is 1.93 bits per heavy atom. The molecule has 0 aliphatic rings. The van der Waals surface area contributed by atoms with Crippen LogP contribution >= 0.6 is 34.5 Å². The van der Waals surface area contributed by atoms with Crippen LogP contribution in [0.15, 0.2) is 48.0 Å². The van der Waals surface area contributed by atoms with E-state index in [9.17, 15) is 9.59 Å². The number of hydrogen-bond acceptors (Lipinski definition) is 5. The van der Waals surface area contributed by atoms with Crippen LogP contribution in [0.2, 0.25) is 10.2 Å². The van der Waals surface area contributed by atoms with Crippen molar-refractivity contribution in [1.29, 1.82) is 0 Å². The van der Waals surface area contributed by atoms with Crippen LogP contribution < -0.4 is 5.32 Å². The zero-order valence-electron chi connectivity index (χ0n) is 14.9. The lowest BCUT2D eigenvalue weighted by Gasteiger charge is -2.10. The third-order valence-corrected chi connectivity index (χ3v) is 5.35. The maximum absolute atomic E-state index is 12.7. The zero-order chi connectivity index (χ0) is 20.1. The van der Waals surface area contributed by atoms with Gasteiger partial charge in [0.2, 0.25) is 0 Å². The molecule has 5 nitrogen and oxygen atoms in total. The van der Waals surface area contributed by atoms with Gasteiger partial charge in [0, 0.05) is 27.7 Å². The molecular weight excluding hydrogens is 419 g/mol. The average Bonchev–Trinajstić information content (AvgIpc) is 3.10. The first-order chi connectivity index (χ1) is 13.5. The highest BCUT2D eigenvalue weighted by Gasteiger charge is 2.24. The maximum Gasteiger partial charge on any atom is 0.341 e. The Labute approximate surface area is 176 Å². The normalized spacial score (nSPS) is 10.5. The summed E-state index contributed by atoms with van der Waals surface area (Å²) in [5.74, 6) is -0.985. The van der Waals surface area contributed by atoms with Gasteiger partial charge in [-0.2, -0.15) is 0 Å². The van der Waals surface area contributed by atoms with Crippen molar-refractivity contribution in [2.75, 3.05) is 11.9 Å². The summed E-state index contributed by atoms with van der Waals surface area (Å²) in [7, 11) is 0. The number of rotatable bonds is 6. The van der Waals surface area contributed by atoms with Crippen LogP contribution in [-0.4, -0.2) is 23.5 Å². The van der Waals surface area contributed by atoms with Crippen molar-refractivity contribution < 1.29 is 14.3 Å². The fraction of sp³-hybridized carbons (Fsp3) is 0.150. The molecule has 144 valence electrons. The van der Waals surface area contributed by atoms with Gasteiger partial charge in [-0.1, -0.05) is 48.3 Å². The molecule has 0 atom stereocenters. The number of amides is 1. The van der Waals surface area contributed by atoms with Gasteiger partial charge in [0.1, 0.15) is 15.7 Å². The smallest absolute Gasteiger partial charge is 0.341 e. The first-order valence-corrected chi connectivity index (χ1v) is 10.1. The summed E-state index contributed by atoms with van der Waals surface area (Å²) >= 11 is 13.5. The number of aromatic nitrogens is 1. The van der Waals surface area contributed by atoms with Crippen molar-refractivity contribution in [2.45, 2.75) is 13.3 Å². The van der Waals surface area contributed by atoms with E-state index in [4.69, 9.17) is 27.9 Å². The summed E-state index contributed by atoms with van der Waals surface area (Å²) in [6.07, 6.45) is 2.18. The summed E-state index contributed by atoms with van der Waals surface area (Å²) in [6.45, 7) is 2.18. The van der Waals surface area contributed by atoms with Crippen molar-refractivity contribution >= 4 is 51.4 Å². The molecule has 0 saturated heterocycles. The number of thiophene rings is 1. The Bertz CT molecular complexity index is 1020. The second-order valence-electron chi connectivity index (χ2n) is 5.77. The lowest BCUT2D eigenvalue weighted by Crippen LogP contribution is -2.15. The number of anilines is 1. The summed E-state index contributed by atoms with van der Waals surface area (Å²) in [5, 5.41) is 5.46. The second kappa shape index (κ2) is 9.19. The second-order valence-corrected chi connectivity index (χ2v) is 7.41. The molecule has 1 N–H and O–H groups in total. The number of carbonyl (C=O) groups excluding carboxylic acids is 2. The van der Waals surface area contributed by atoms with Gasteiger partial charge in [-0.3, -0.25) is 4.79 Å². The molecule has 1 amide bonds. The fourth-order valence-electron chi connectivity index (χ4n) is 2.52. The van der Waals surface area contributed by atoms with Crippen LogP contribution in [0.3, 0.4) is 0 Å². The summed E-state index contributed by atoms with van der Waals surface area (Å²) in [6, 6.07) is 10.4. The number of nitrogens with zero attached hydrogens (tertiary/aromatic N) is 1. The summed E-state index contributed by atoms with van der Waals surface area (Å²) in [5.41, 5.74) is 1.76. The van der Waals surface area contributed by atoms with Gasteiger partial charge in [0.05, 0.1) is 12.2 Å². The number of carbonyl (C=O) groups is 2. The summed E-state index contributed by atoms with van der Waals surface area (Å²) in [4.78, 5) is 29.3. The number of ether oxygens (including phenoxy) is 1. The van der Waals surface area contributed by atoms with Crippen LogP contribution in [0.25, 0.3) is 11.1 Å². The molecule has 3 rings (SSSR count). The lowest BCUT2D eigenvalue weighted by molar-refractivity contribution is 0.0508. The number of pyridine rings is 1. The Hall–Kier alpha value is -2.41. The van der Waals surface area contributed by atoms with Gasteiger partial charge < -0.3 is 10.1 Å². The molecule has 0 radical (unpaired) electrons. The molecule has 0 unspecified atom stereocenters. The minimum Gasteiger partial charge on any atom is -0.462 e. The molecule has 0 bridgehead atoms. The van der Waals surface area contributed by atoms with Crippen molar-refractivity contribution in [3.63, 3.8) is 0 Å². The Morgan fingerprint density at radius 1 is 1.14 bits per heavy atom. The Balaban J connectivity index is 2.01. The van der Waals surface area contributed by atoms with E-state index in [1.165, 1.54) is 17.5 Å². The predicted molar refractivity (Wildman–Crippen MR) is 113 cm³/mol. The number of halogens is 2. The zero-order valence-corrected chi connectivity index (χ0v) is 17.2. The molecule has 0 saturated carbocycles. The van der Waals surface area contributed by atoms with E-state index < -0.39 is 11.9 Å². The molecule has 8 heteroatoms. The first-order valence-electron chi connectivity index (χ1n) is 8.48. The molecule has 1 aromatic carbocycles. The topological polar surface area (TPSA) is 68.3 Å². The highest BCUT2D eigenvalue weighted by Crippen LogP contribution is 2.39. The Morgan fingerprint density at radius 3 is 2.64 bits per heavy atom. The van der Waals surface area contributed by atoms with E-state index in [1.807, 2.05) is 19.1 Å². The van der Waals surface area contributed by atoms with Gasteiger partial charge >= 0.3 is 5.97 Å². The van der Waals surface area contributed by atoms with Crippen molar-refractivity contribution in [2.24, 2.45) is 0 Å². The van der Waals surface area contributed by atoms with Crippen molar-refractivity contribution in [3.05, 3.63) is 69.3 Å². The standard InChI is InChI=1S/C20H16Cl2N2O3S/c1-2-10-27-20(26)16-14(12-6-3-4-8-15(12)21)11-28-19(16)24-18(25)13-7-5-9-23-17(13)22/h3-9,11H,2,10H2,1H3,(H,24,25). The Kier molecular flexibility index (Phi) is 6.67. The molecule has 0 fully saturated rings. The third-order valence-electron chi connectivity index (χ3n) is 3.83. The maximum atomic E-state index is 12.7. The number of esters is 1. The number of benzene rings is 1.